The molecular weight excluding hydrogens is 176 g/mol. The minimum absolute atomic E-state index is 0.0962. The fourth-order valence-corrected chi connectivity index (χ4v) is 1.18. The van der Waals surface area contributed by atoms with Crippen LogP contribution in [0.3, 0.4) is 0 Å². The van der Waals surface area contributed by atoms with Gasteiger partial charge in [-0.05, 0) is 38.5 Å². The van der Waals surface area contributed by atoms with E-state index < -0.39 is 0 Å². The maximum absolute atomic E-state index is 5.38. The highest BCUT2D eigenvalue weighted by molar-refractivity contribution is 5.48. The first kappa shape index (κ1) is 10.8. The van der Waals surface area contributed by atoms with Gasteiger partial charge in [-0.3, -0.25) is 4.99 Å². The van der Waals surface area contributed by atoms with Gasteiger partial charge in [0.25, 0.3) is 0 Å². The molecule has 0 amide bonds. The summed E-state index contributed by atoms with van der Waals surface area (Å²) in [5.74, 6) is 0. The number of allylic oxidation sites excluding steroid dienone is 1. The van der Waals surface area contributed by atoms with E-state index >= 15 is 0 Å². The molecule has 0 saturated heterocycles. The van der Waals surface area contributed by atoms with Crippen LogP contribution < -0.4 is 5.32 Å². The lowest BCUT2D eigenvalue weighted by atomic mass is 10.1. The van der Waals surface area contributed by atoms with Gasteiger partial charge in [0.2, 0.25) is 0 Å². The van der Waals surface area contributed by atoms with Crippen LogP contribution in [0.2, 0.25) is 0 Å². The van der Waals surface area contributed by atoms with E-state index in [2.05, 4.69) is 36.3 Å². The summed E-state index contributed by atoms with van der Waals surface area (Å²) in [5, 5.41) is 3.29. The van der Waals surface area contributed by atoms with Crippen LogP contribution in [0.1, 0.15) is 20.8 Å². The monoisotopic (exact) mass is 194 g/mol. The lowest BCUT2D eigenvalue weighted by Gasteiger charge is -2.11. The number of nitrogens with zero attached hydrogens (tertiary/aromatic N) is 1. The summed E-state index contributed by atoms with van der Waals surface area (Å²) in [7, 11) is 0. The third kappa shape index (κ3) is 3.24. The van der Waals surface area contributed by atoms with Gasteiger partial charge >= 0.3 is 0 Å². The van der Waals surface area contributed by atoms with Gasteiger partial charge in [0.15, 0.2) is 6.40 Å². The van der Waals surface area contributed by atoms with Gasteiger partial charge in [0.05, 0.1) is 6.54 Å². The summed E-state index contributed by atoms with van der Waals surface area (Å²) in [6.45, 7) is 7.76. The molecule has 0 aromatic heterocycles. The smallest absolute Gasteiger partial charge is 0.170 e. The number of ether oxygens (including phenoxy) is 1. The summed E-state index contributed by atoms with van der Waals surface area (Å²) in [6, 6.07) is 0. The first-order valence-corrected chi connectivity index (χ1v) is 5.00. The fraction of sp³-hybridized carbons (Fsp3) is 0.545. The lowest BCUT2D eigenvalue weighted by Crippen LogP contribution is -2.13. The Labute approximate surface area is 85.6 Å². The molecule has 1 rings (SSSR count). The largest absolute Gasteiger partial charge is 0.476 e. The van der Waals surface area contributed by atoms with E-state index in [-0.39, 0.29) is 6.10 Å². The molecule has 3 heteroatoms. The Morgan fingerprint density at radius 1 is 1.64 bits per heavy atom. The number of nitrogens with one attached hydrogen (secondary N) is 1. The van der Waals surface area contributed by atoms with Crippen molar-refractivity contribution in [2.45, 2.75) is 26.9 Å². The van der Waals surface area contributed by atoms with Crippen LogP contribution in [0.15, 0.2) is 28.4 Å². The Morgan fingerprint density at radius 3 is 3.14 bits per heavy atom. The summed E-state index contributed by atoms with van der Waals surface area (Å²) >= 11 is 0. The van der Waals surface area contributed by atoms with E-state index in [1.165, 1.54) is 12.0 Å². The highest BCUT2D eigenvalue weighted by atomic mass is 16.5. The van der Waals surface area contributed by atoms with E-state index in [4.69, 9.17) is 4.74 Å². The van der Waals surface area contributed by atoms with E-state index in [9.17, 15) is 0 Å². The number of likely N-dealkylation sites (N-methyl/N-ethyl adjacent to an activating group) is 1. The predicted octanol–water partition coefficient (Wildman–Crippen LogP) is 1.87. The molecule has 0 aliphatic carbocycles. The Hall–Kier alpha value is -1.25. The molecule has 0 spiro atoms. The van der Waals surface area contributed by atoms with Gasteiger partial charge in [-0.15, -0.1) is 0 Å². The average molecular weight is 194 g/mol. The number of hydrogen-bond acceptors (Lipinski definition) is 3. The van der Waals surface area contributed by atoms with E-state index in [0.29, 0.717) is 6.54 Å². The topological polar surface area (TPSA) is 33.6 Å². The highest BCUT2D eigenvalue weighted by Gasteiger charge is 2.05. The molecule has 1 atom stereocenters. The van der Waals surface area contributed by atoms with Crippen molar-refractivity contribution >= 4 is 6.40 Å². The summed E-state index contributed by atoms with van der Waals surface area (Å²) in [4.78, 5) is 4.11. The molecule has 1 unspecified atom stereocenters. The molecule has 1 heterocycles. The molecular formula is C11H18N2O. The van der Waals surface area contributed by atoms with Crippen molar-refractivity contribution in [3.8, 4) is 0 Å². The Morgan fingerprint density at radius 2 is 2.43 bits per heavy atom. The fourth-order valence-electron chi connectivity index (χ4n) is 1.18. The maximum Gasteiger partial charge on any atom is 0.170 e. The standard InChI is InChI=1S/C11H18N2O/c1-4-13-11-5-6-12-8-14-10(3)9(2)7-11/h5,7-8,10,13H,4,6H2,1-3H3/b9-7-,11-5+,12-8-. The molecule has 0 saturated carbocycles. The molecule has 3 nitrogen and oxygen atoms in total. The van der Waals surface area contributed by atoms with Crippen molar-refractivity contribution in [2.75, 3.05) is 13.1 Å². The second-order valence-corrected chi connectivity index (χ2v) is 3.33. The predicted molar refractivity (Wildman–Crippen MR) is 59.4 cm³/mol. The molecule has 1 N–H and O–H groups in total. The minimum atomic E-state index is 0.0962. The molecule has 1 aliphatic rings. The van der Waals surface area contributed by atoms with Crippen LogP contribution in [0.25, 0.3) is 0 Å². The van der Waals surface area contributed by atoms with Crippen LogP contribution in [-0.4, -0.2) is 25.6 Å². The SMILES string of the molecule is CCNC1=C/C/N=C\OC(C)/C(C)=C\1. The quantitative estimate of drug-likeness (QED) is 0.728. The van der Waals surface area contributed by atoms with Crippen molar-refractivity contribution in [2.24, 2.45) is 4.99 Å². The van der Waals surface area contributed by atoms with Crippen molar-refractivity contribution < 1.29 is 4.74 Å². The van der Waals surface area contributed by atoms with Crippen LogP contribution in [-0.2, 0) is 4.74 Å². The highest BCUT2D eigenvalue weighted by Crippen LogP contribution is 2.08. The maximum atomic E-state index is 5.38. The van der Waals surface area contributed by atoms with Crippen LogP contribution in [0, 0.1) is 0 Å². The zero-order chi connectivity index (χ0) is 10.4. The van der Waals surface area contributed by atoms with Crippen LogP contribution >= 0.6 is 0 Å². The van der Waals surface area contributed by atoms with Gasteiger partial charge in [0, 0.05) is 12.2 Å². The summed E-state index contributed by atoms with van der Waals surface area (Å²) < 4.78 is 5.38. The molecule has 0 bridgehead atoms. The molecule has 0 aromatic rings. The second kappa shape index (κ2) is 5.47. The molecule has 78 valence electrons. The van der Waals surface area contributed by atoms with Gasteiger partial charge in [-0.2, -0.15) is 0 Å². The Balaban J connectivity index is 2.80. The van der Waals surface area contributed by atoms with Gasteiger partial charge in [0.1, 0.15) is 6.10 Å². The third-order valence-corrected chi connectivity index (χ3v) is 2.16. The normalized spacial score (nSPS) is 32.1. The lowest BCUT2D eigenvalue weighted by molar-refractivity contribution is 0.256. The van der Waals surface area contributed by atoms with Crippen molar-refractivity contribution in [1.29, 1.82) is 0 Å². The van der Waals surface area contributed by atoms with Crippen LogP contribution in [0.4, 0.5) is 0 Å². The first-order valence-electron chi connectivity index (χ1n) is 5.00. The van der Waals surface area contributed by atoms with E-state index in [1.54, 1.807) is 0 Å². The van der Waals surface area contributed by atoms with Gasteiger partial charge in [-0.25, -0.2) is 0 Å². The van der Waals surface area contributed by atoms with Crippen molar-refractivity contribution in [1.82, 2.24) is 5.32 Å². The number of aliphatic imine (C=N–C) groups is 1. The van der Waals surface area contributed by atoms with Crippen LogP contribution in [0.5, 0.6) is 0 Å². The van der Waals surface area contributed by atoms with Gasteiger partial charge < -0.3 is 10.1 Å². The molecule has 0 fully saturated rings. The number of rotatable bonds is 2. The zero-order valence-corrected chi connectivity index (χ0v) is 9.08. The second-order valence-electron chi connectivity index (χ2n) is 3.33. The number of hydrogen-bond donors (Lipinski definition) is 1. The summed E-state index contributed by atoms with van der Waals surface area (Å²) in [6.07, 6.45) is 5.81. The minimum Gasteiger partial charge on any atom is -0.476 e. The van der Waals surface area contributed by atoms with Gasteiger partial charge in [-0.1, -0.05) is 0 Å². The van der Waals surface area contributed by atoms with Crippen molar-refractivity contribution in [3.05, 3.63) is 23.4 Å². The molecule has 0 radical (unpaired) electrons. The molecule has 1 aliphatic heterocycles. The Kier molecular flexibility index (Phi) is 4.23. The molecule has 0 aromatic carbocycles. The third-order valence-electron chi connectivity index (χ3n) is 2.16. The molecule has 14 heavy (non-hydrogen) atoms. The zero-order valence-electron chi connectivity index (χ0n) is 9.08. The van der Waals surface area contributed by atoms with E-state index in [0.717, 1.165) is 12.2 Å². The van der Waals surface area contributed by atoms with Crippen molar-refractivity contribution in [3.63, 3.8) is 0 Å². The van der Waals surface area contributed by atoms with E-state index in [1.807, 2.05) is 6.92 Å². The summed E-state index contributed by atoms with van der Waals surface area (Å²) in [5.41, 5.74) is 2.32. The first-order chi connectivity index (χ1) is 6.74. The average Bonchev–Trinajstić information content (AvgIpc) is 2.22. The Bertz CT molecular complexity index is 266.